The van der Waals surface area contributed by atoms with Crippen LogP contribution in [0, 0.1) is 17.6 Å². The van der Waals surface area contributed by atoms with E-state index in [-0.39, 0.29) is 6.04 Å². The number of fused-ring (bicyclic) bond motifs is 1. The van der Waals surface area contributed by atoms with Gasteiger partial charge in [-0.15, -0.1) is 11.6 Å². The smallest absolute Gasteiger partial charge is 0.184 e. The number of nitrogens with zero attached hydrogens (tertiary/aromatic N) is 2. The maximum absolute atomic E-state index is 14.1. The van der Waals surface area contributed by atoms with E-state index in [1.807, 2.05) is 4.57 Å². The van der Waals surface area contributed by atoms with Gasteiger partial charge in [0.05, 0.1) is 5.52 Å². The highest BCUT2D eigenvalue weighted by atomic mass is 35.5. The molecule has 1 aliphatic rings. The predicted molar refractivity (Wildman–Crippen MR) is 71.5 cm³/mol. The summed E-state index contributed by atoms with van der Waals surface area (Å²) in [5.74, 6) is 0.105. The van der Waals surface area contributed by atoms with Gasteiger partial charge in [0.25, 0.3) is 0 Å². The average Bonchev–Trinajstić information content (AvgIpc) is 3.09. The predicted octanol–water partition coefficient (Wildman–Crippen LogP) is 4.07. The molecule has 0 bridgehead atoms. The van der Waals surface area contributed by atoms with Gasteiger partial charge in [-0.05, 0) is 24.5 Å². The largest absolute Gasteiger partial charge is 0.322 e. The molecule has 2 atom stereocenters. The lowest BCUT2D eigenvalue weighted by Gasteiger charge is -2.08. The van der Waals surface area contributed by atoms with Crippen molar-refractivity contribution in [3.8, 4) is 0 Å². The molecule has 0 saturated heterocycles. The number of halogens is 3. The van der Waals surface area contributed by atoms with Crippen LogP contribution in [0.2, 0.25) is 0 Å². The minimum Gasteiger partial charge on any atom is -0.322 e. The Balaban J connectivity index is 2.19. The fraction of sp³-hybridized carbons (Fsp3) is 0.500. The quantitative estimate of drug-likeness (QED) is 0.774. The molecule has 2 aromatic rings. The lowest BCUT2D eigenvalue weighted by atomic mass is 10.2. The summed E-state index contributed by atoms with van der Waals surface area (Å²) in [4.78, 5) is 4.41. The van der Waals surface area contributed by atoms with Gasteiger partial charge in [-0.3, -0.25) is 0 Å². The molecule has 1 saturated carbocycles. The van der Waals surface area contributed by atoms with Crippen molar-refractivity contribution in [2.75, 3.05) is 5.88 Å². The highest BCUT2D eigenvalue weighted by molar-refractivity contribution is 6.17. The van der Waals surface area contributed by atoms with Crippen LogP contribution < -0.4 is 0 Å². The van der Waals surface area contributed by atoms with Crippen molar-refractivity contribution in [1.29, 1.82) is 0 Å². The van der Waals surface area contributed by atoms with Gasteiger partial charge in [-0.2, -0.15) is 0 Å². The third-order valence-electron chi connectivity index (χ3n) is 3.88. The lowest BCUT2D eigenvalue weighted by Crippen LogP contribution is -2.05. The summed E-state index contributed by atoms with van der Waals surface area (Å²) in [5.41, 5.74) is 0.807. The van der Waals surface area contributed by atoms with Gasteiger partial charge in [-0.25, -0.2) is 13.8 Å². The Morgan fingerprint density at radius 2 is 2.21 bits per heavy atom. The monoisotopic (exact) mass is 284 g/mol. The van der Waals surface area contributed by atoms with E-state index in [0.717, 1.165) is 24.7 Å². The number of alkyl halides is 1. The Kier molecular flexibility index (Phi) is 3.21. The zero-order valence-electron chi connectivity index (χ0n) is 10.7. The van der Waals surface area contributed by atoms with Crippen molar-refractivity contribution in [2.24, 2.45) is 5.92 Å². The maximum Gasteiger partial charge on any atom is 0.184 e. The highest BCUT2D eigenvalue weighted by Crippen LogP contribution is 2.48. The molecule has 1 aromatic heterocycles. The van der Waals surface area contributed by atoms with E-state index in [1.54, 1.807) is 0 Å². The number of imidazole rings is 1. The van der Waals surface area contributed by atoms with Crippen LogP contribution in [0.3, 0.4) is 0 Å². The van der Waals surface area contributed by atoms with Crippen molar-refractivity contribution < 1.29 is 8.78 Å². The summed E-state index contributed by atoms with van der Waals surface area (Å²) >= 11 is 5.78. The first-order valence-electron chi connectivity index (χ1n) is 6.58. The van der Waals surface area contributed by atoms with Crippen molar-refractivity contribution in [3.05, 3.63) is 29.6 Å². The van der Waals surface area contributed by atoms with Crippen molar-refractivity contribution >= 4 is 22.6 Å². The first kappa shape index (κ1) is 12.9. The second-order valence-corrected chi connectivity index (χ2v) is 5.42. The number of hydrogen-bond donors (Lipinski definition) is 0. The minimum absolute atomic E-state index is 0.240. The molecule has 0 spiro atoms. The van der Waals surface area contributed by atoms with Gasteiger partial charge in [0.15, 0.2) is 11.6 Å². The van der Waals surface area contributed by atoms with Gasteiger partial charge in [-0.1, -0.05) is 13.3 Å². The first-order valence-corrected chi connectivity index (χ1v) is 7.11. The molecule has 1 heterocycles. The Hall–Kier alpha value is -1.16. The average molecular weight is 285 g/mol. The molecular formula is C14H15ClF2N2. The second kappa shape index (κ2) is 4.75. The molecule has 2 unspecified atom stereocenters. The number of hydrogen-bond acceptors (Lipinski definition) is 1. The molecule has 0 radical (unpaired) electrons. The molecule has 0 N–H and O–H groups in total. The van der Waals surface area contributed by atoms with E-state index >= 15 is 0 Å². The molecule has 1 aromatic carbocycles. The van der Waals surface area contributed by atoms with Crippen molar-refractivity contribution in [3.63, 3.8) is 0 Å². The molecule has 2 nitrogen and oxygen atoms in total. The molecule has 1 aliphatic carbocycles. The van der Waals surface area contributed by atoms with E-state index in [9.17, 15) is 8.78 Å². The fourth-order valence-corrected chi connectivity index (χ4v) is 2.94. The third kappa shape index (κ3) is 2.02. The SMILES string of the molecule is CCC1CC1n1c(CCCl)nc2ccc(F)c(F)c21. The van der Waals surface area contributed by atoms with Crippen LogP contribution in [0.1, 0.15) is 31.6 Å². The zero-order valence-corrected chi connectivity index (χ0v) is 11.4. The fourth-order valence-electron chi connectivity index (χ4n) is 2.78. The molecule has 102 valence electrons. The van der Waals surface area contributed by atoms with Gasteiger partial charge in [0.2, 0.25) is 0 Å². The van der Waals surface area contributed by atoms with Crippen LogP contribution in [0.15, 0.2) is 12.1 Å². The van der Waals surface area contributed by atoms with E-state index in [4.69, 9.17) is 11.6 Å². The normalized spacial score (nSPS) is 22.1. The summed E-state index contributed by atoms with van der Waals surface area (Å²) < 4.78 is 29.4. The molecule has 19 heavy (non-hydrogen) atoms. The Morgan fingerprint density at radius 3 is 2.84 bits per heavy atom. The molecule has 5 heteroatoms. The zero-order chi connectivity index (χ0) is 13.6. The number of rotatable bonds is 4. The number of aryl methyl sites for hydroxylation is 1. The topological polar surface area (TPSA) is 17.8 Å². The Bertz CT molecular complexity index is 623. The van der Waals surface area contributed by atoms with Crippen LogP contribution in [-0.2, 0) is 6.42 Å². The summed E-state index contributed by atoms with van der Waals surface area (Å²) in [7, 11) is 0. The van der Waals surface area contributed by atoms with Crippen LogP contribution in [0.5, 0.6) is 0 Å². The molecule has 1 fully saturated rings. The second-order valence-electron chi connectivity index (χ2n) is 5.04. The molecule has 0 amide bonds. The lowest BCUT2D eigenvalue weighted by molar-refractivity contribution is 0.508. The van der Waals surface area contributed by atoms with Crippen LogP contribution >= 0.6 is 11.6 Å². The maximum atomic E-state index is 14.1. The minimum atomic E-state index is -0.820. The summed E-state index contributed by atoms with van der Waals surface area (Å²) in [6, 6.07) is 2.90. The first-order chi connectivity index (χ1) is 9.17. The standard InChI is InChI=1S/C14H15ClF2N2/c1-2-8-7-11(8)19-12(5-6-15)18-10-4-3-9(16)13(17)14(10)19/h3-4,8,11H,2,5-7H2,1H3. The van der Waals surface area contributed by atoms with Crippen LogP contribution in [0.4, 0.5) is 8.78 Å². The Labute approximate surface area is 115 Å². The van der Waals surface area contributed by atoms with E-state index in [0.29, 0.717) is 29.3 Å². The van der Waals surface area contributed by atoms with Crippen molar-refractivity contribution in [1.82, 2.24) is 9.55 Å². The number of benzene rings is 1. The van der Waals surface area contributed by atoms with Crippen LogP contribution in [-0.4, -0.2) is 15.4 Å². The summed E-state index contributed by atoms with van der Waals surface area (Å²) in [6.45, 7) is 2.11. The summed E-state index contributed by atoms with van der Waals surface area (Å²) in [5, 5.41) is 0. The highest BCUT2D eigenvalue weighted by Gasteiger charge is 2.39. The van der Waals surface area contributed by atoms with E-state index < -0.39 is 11.6 Å². The number of aromatic nitrogens is 2. The van der Waals surface area contributed by atoms with Crippen molar-refractivity contribution in [2.45, 2.75) is 32.2 Å². The van der Waals surface area contributed by atoms with Gasteiger partial charge >= 0.3 is 0 Å². The molecule has 0 aliphatic heterocycles. The Morgan fingerprint density at radius 1 is 1.42 bits per heavy atom. The molecular weight excluding hydrogens is 270 g/mol. The van der Waals surface area contributed by atoms with Gasteiger partial charge in [0.1, 0.15) is 11.3 Å². The summed E-state index contributed by atoms with van der Waals surface area (Å²) in [6.07, 6.45) is 2.62. The molecule has 3 rings (SSSR count). The van der Waals surface area contributed by atoms with E-state index in [2.05, 4.69) is 11.9 Å². The van der Waals surface area contributed by atoms with Gasteiger partial charge < -0.3 is 4.57 Å². The van der Waals surface area contributed by atoms with Gasteiger partial charge in [0, 0.05) is 18.3 Å². The third-order valence-corrected chi connectivity index (χ3v) is 4.06. The van der Waals surface area contributed by atoms with Crippen LogP contribution in [0.25, 0.3) is 11.0 Å². The van der Waals surface area contributed by atoms with E-state index in [1.165, 1.54) is 6.07 Å².